The van der Waals surface area contributed by atoms with Crippen molar-refractivity contribution in [3.8, 4) is 27.9 Å². The van der Waals surface area contributed by atoms with E-state index in [9.17, 15) is 0 Å². The summed E-state index contributed by atoms with van der Waals surface area (Å²) in [5, 5.41) is 4.98. The summed E-state index contributed by atoms with van der Waals surface area (Å²) in [6, 6.07) is 73.8. The van der Waals surface area contributed by atoms with Crippen LogP contribution in [0.5, 0.6) is 0 Å². The number of fused-ring (bicyclic) bond motifs is 9. The molecule has 9 aromatic carbocycles. The van der Waals surface area contributed by atoms with Gasteiger partial charge >= 0.3 is 6.85 Å². The number of nitrogens with zero attached hydrogens (tertiary/aromatic N) is 3. The second-order valence-electron chi connectivity index (χ2n) is 15.4. The third-order valence-electron chi connectivity index (χ3n) is 12.2. The highest BCUT2D eigenvalue weighted by Crippen LogP contribution is 2.51. The van der Waals surface area contributed by atoms with Crippen LogP contribution >= 0.6 is 0 Å². The van der Waals surface area contributed by atoms with Crippen LogP contribution in [0.2, 0.25) is 0 Å². The molecule has 12 rings (SSSR count). The Labute approximate surface area is 332 Å². The Morgan fingerprint density at radius 3 is 1.95 bits per heavy atom. The molecule has 3 nitrogen and oxygen atoms in total. The van der Waals surface area contributed by atoms with Gasteiger partial charge in [-0.25, -0.2) is 0 Å². The molecule has 0 saturated carbocycles. The molecular formula is C53H36BN3. The molecule has 57 heavy (non-hydrogen) atoms. The Morgan fingerprint density at radius 2 is 1.14 bits per heavy atom. The molecule has 3 heterocycles. The molecule has 0 saturated heterocycles. The zero-order valence-corrected chi connectivity index (χ0v) is 31.5. The molecule has 0 bridgehead atoms. The molecule has 266 valence electrons. The third kappa shape index (κ3) is 4.68. The first-order valence-corrected chi connectivity index (χ1v) is 19.8. The number of aryl methyl sites for hydroxylation is 1. The molecule has 2 aliphatic heterocycles. The van der Waals surface area contributed by atoms with E-state index in [0.29, 0.717) is 0 Å². The molecule has 4 heteroatoms. The molecule has 0 atom stereocenters. The summed E-state index contributed by atoms with van der Waals surface area (Å²) in [6.07, 6.45) is 0. The van der Waals surface area contributed by atoms with Crippen molar-refractivity contribution in [2.75, 3.05) is 9.71 Å². The zero-order valence-electron chi connectivity index (χ0n) is 31.5. The van der Waals surface area contributed by atoms with E-state index < -0.39 is 0 Å². The molecular weight excluding hydrogens is 689 g/mol. The molecule has 0 unspecified atom stereocenters. The maximum absolute atomic E-state index is 2.58. The van der Waals surface area contributed by atoms with Crippen molar-refractivity contribution in [1.29, 1.82) is 0 Å². The van der Waals surface area contributed by atoms with Gasteiger partial charge in [0.05, 0.1) is 16.7 Å². The largest absolute Gasteiger partial charge is 0.376 e. The number of anilines is 5. The highest BCUT2D eigenvalue weighted by molar-refractivity contribution is 6.93. The summed E-state index contributed by atoms with van der Waals surface area (Å²) >= 11 is 0. The number of para-hydroxylation sites is 4. The zero-order chi connectivity index (χ0) is 37.6. The molecule has 0 N–H and O–H groups in total. The first-order valence-electron chi connectivity index (χ1n) is 19.8. The SMILES string of the molecule is Cc1ccccc1-c1cccc(N(c2ccccc2)c2cc3c4c5c2c2cc6ccccc6cc2n5-c2ccccc2B4N(c2ccccc2)c2ccccc2-3)c1. The Morgan fingerprint density at radius 1 is 0.491 bits per heavy atom. The fourth-order valence-electron chi connectivity index (χ4n) is 9.82. The lowest BCUT2D eigenvalue weighted by Crippen LogP contribution is -2.60. The minimum atomic E-state index is -0.0363. The Balaban J connectivity index is 1.27. The number of aromatic nitrogens is 1. The van der Waals surface area contributed by atoms with E-state index >= 15 is 0 Å². The first kappa shape index (κ1) is 32.0. The van der Waals surface area contributed by atoms with Crippen LogP contribution in [-0.2, 0) is 0 Å². The lowest BCUT2D eigenvalue weighted by Gasteiger charge is -2.42. The highest BCUT2D eigenvalue weighted by atomic mass is 15.2. The molecule has 2 aliphatic rings. The van der Waals surface area contributed by atoms with E-state index in [1.165, 1.54) is 88.4 Å². The Hall–Kier alpha value is -7.30. The van der Waals surface area contributed by atoms with Crippen molar-refractivity contribution >= 4 is 78.8 Å². The van der Waals surface area contributed by atoms with Crippen LogP contribution in [0.15, 0.2) is 200 Å². The first-order chi connectivity index (χ1) is 28.2. The van der Waals surface area contributed by atoms with Gasteiger partial charge in [-0.1, -0.05) is 133 Å². The predicted molar refractivity (Wildman–Crippen MR) is 242 cm³/mol. The topological polar surface area (TPSA) is 11.4 Å². The Kier molecular flexibility index (Phi) is 6.94. The number of rotatable bonds is 5. The summed E-state index contributed by atoms with van der Waals surface area (Å²) < 4.78 is 2.58. The average Bonchev–Trinajstić information content (AvgIpc) is 3.60. The van der Waals surface area contributed by atoms with E-state index in [0.717, 1.165) is 17.1 Å². The molecule has 0 aliphatic carbocycles. The van der Waals surface area contributed by atoms with Gasteiger partial charge in [0.25, 0.3) is 0 Å². The van der Waals surface area contributed by atoms with Crippen LogP contribution in [0.25, 0.3) is 60.5 Å². The molecule has 0 spiro atoms. The summed E-state index contributed by atoms with van der Waals surface area (Å²) in [5.41, 5.74) is 18.4. The van der Waals surface area contributed by atoms with E-state index in [1.807, 2.05) is 0 Å². The molecule has 0 radical (unpaired) electrons. The minimum Gasteiger partial charge on any atom is -0.376 e. The van der Waals surface area contributed by atoms with Crippen LogP contribution in [0, 0.1) is 6.92 Å². The van der Waals surface area contributed by atoms with Crippen LogP contribution in [0.1, 0.15) is 5.56 Å². The van der Waals surface area contributed by atoms with E-state index in [4.69, 9.17) is 0 Å². The van der Waals surface area contributed by atoms with Crippen molar-refractivity contribution in [2.24, 2.45) is 0 Å². The number of hydrogen-bond acceptors (Lipinski definition) is 2. The predicted octanol–water partition coefficient (Wildman–Crippen LogP) is 12.6. The van der Waals surface area contributed by atoms with Crippen molar-refractivity contribution in [3.05, 3.63) is 206 Å². The summed E-state index contributed by atoms with van der Waals surface area (Å²) in [4.78, 5) is 5.08. The number of hydrogen-bond donors (Lipinski definition) is 0. The van der Waals surface area contributed by atoms with Gasteiger partial charge < -0.3 is 14.3 Å². The normalized spacial score (nSPS) is 12.6. The van der Waals surface area contributed by atoms with Crippen LogP contribution < -0.4 is 20.6 Å². The van der Waals surface area contributed by atoms with Crippen molar-refractivity contribution < 1.29 is 0 Å². The van der Waals surface area contributed by atoms with Gasteiger partial charge in [-0.05, 0) is 118 Å². The second-order valence-corrected chi connectivity index (χ2v) is 15.4. The highest BCUT2D eigenvalue weighted by Gasteiger charge is 2.44. The van der Waals surface area contributed by atoms with E-state index in [1.54, 1.807) is 0 Å². The van der Waals surface area contributed by atoms with E-state index in [2.05, 4.69) is 221 Å². The maximum Gasteiger partial charge on any atom is 0.333 e. The quantitative estimate of drug-likeness (QED) is 0.164. The van der Waals surface area contributed by atoms with E-state index in [-0.39, 0.29) is 6.85 Å². The van der Waals surface area contributed by atoms with Crippen molar-refractivity contribution in [3.63, 3.8) is 0 Å². The minimum absolute atomic E-state index is 0.0363. The fourth-order valence-corrected chi connectivity index (χ4v) is 9.82. The van der Waals surface area contributed by atoms with Gasteiger partial charge in [0.15, 0.2) is 0 Å². The second kappa shape index (κ2) is 12.4. The van der Waals surface area contributed by atoms with Crippen LogP contribution in [-0.4, -0.2) is 11.4 Å². The van der Waals surface area contributed by atoms with Gasteiger partial charge in [-0.15, -0.1) is 0 Å². The monoisotopic (exact) mass is 725 g/mol. The molecule has 0 amide bonds. The van der Waals surface area contributed by atoms with Crippen molar-refractivity contribution in [1.82, 2.24) is 4.57 Å². The smallest absolute Gasteiger partial charge is 0.333 e. The summed E-state index contributed by atoms with van der Waals surface area (Å²) in [5.74, 6) is 0. The van der Waals surface area contributed by atoms with Crippen LogP contribution in [0.3, 0.4) is 0 Å². The number of benzene rings is 9. The van der Waals surface area contributed by atoms with Gasteiger partial charge in [0.1, 0.15) is 0 Å². The molecule has 10 aromatic rings. The standard InChI is InChI=1S/C53H36BN3/c1-35-17-8-11-26-42(35)38-20-16-25-41(31-38)55(39-21-4-2-5-22-39)50-34-44-43-27-12-14-29-47(43)57(40-23-6-3-7-24-40)54-46-28-13-15-30-48(46)56-49-33-37-19-10-9-18-36(37)32-45(49)51(50)53(56)52(44)54/h2-34H,1H3. The maximum atomic E-state index is 2.58. The summed E-state index contributed by atoms with van der Waals surface area (Å²) in [6.45, 7) is 2.16. The van der Waals surface area contributed by atoms with Gasteiger partial charge in [-0.2, -0.15) is 0 Å². The lowest BCUT2D eigenvalue weighted by molar-refractivity contribution is 1.18. The molecule has 1 aromatic heterocycles. The Bertz CT molecular complexity index is 3220. The molecule has 0 fully saturated rings. The fraction of sp³-hybridized carbons (Fsp3) is 0.0189. The lowest BCUT2D eigenvalue weighted by atomic mass is 9.44. The van der Waals surface area contributed by atoms with Crippen LogP contribution in [0.4, 0.5) is 28.4 Å². The summed E-state index contributed by atoms with van der Waals surface area (Å²) in [7, 11) is 0. The third-order valence-corrected chi connectivity index (χ3v) is 12.2. The van der Waals surface area contributed by atoms with Gasteiger partial charge in [-0.3, -0.25) is 0 Å². The van der Waals surface area contributed by atoms with Crippen molar-refractivity contribution in [2.45, 2.75) is 6.92 Å². The van der Waals surface area contributed by atoms with Gasteiger partial charge in [0, 0.05) is 44.8 Å². The average molecular weight is 726 g/mol. The van der Waals surface area contributed by atoms with Gasteiger partial charge in [0.2, 0.25) is 0 Å².